The number of benzene rings is 2. The molecule has 0 aromatic heterocycles. The highest BCUT2D eigenvalue weighted by molar-refractivity contribution is 6.30. The van der Waals surface area contributed by atoms with Crippen LogP contribution in [0.3, 0.4) is 0 Å². The van der Waals surface area contributed by atoms with Gasteiger partial charge in [-0.25, -0.2) is 0 Å². The van der Waals surface area contributed by atoms with Crippen molar-refractivity contribution in [2.75, 3.05) is 19.9 Å². The SMILES string of the molecule is COc1cccc(N)c1C(=O)N(C)Cc1ccc(Cl)cc1. The van der Waals surface area contributed by atoms with E-state index in [1.165, 1.54) is 7.11 Å². The van der Waals surface area contributed by atoms with Gasteiger partial charge < -0.3 is 15.4 Å². The highest BCUT2D eigenvalue weighted by Crippen LogP contribution is 2.26. The molecule has 4 nitrogen and oxygen atoms in total. The van der Waals surface area contributed by atoms with Crippen LogP contribution < -0.4 is 10.5 Å². The highest BCUT2D eigenvalue weighted by atomic mass is 35.5. The van der Waals surface area contributed by atoms with Crippen molar-refractivity contribution < 1.29 is 9.53 Å². The number of nitrogens with zero attached hydrogens (tertiary/aromatic N) is 1. The number of methoxy groups -OCH3 is 1. The number of ether oxygens (including phenoxy) is 1. The standard InChI is InChI=1S/C16H17ClN2O2/c1-19(10-11-6-8-12(17)9-7-11)16(20)15-13(18)4-3-5-14(15)21-2/h3-9H,10,18H2,1-2H3. The minimum Gasteiger partial charge on any atom is -0.496 e. The molecule has 2 N–H and O–H groups in total. The first-order valence-corrected chi connectivity index (χ1v) is 6.83. The molecule has 0 aliphatic rings. The van der Waals surface area contributed by atoms with E-state index in [1.807, 2.05) is 12.1 Å². The van der Waals surface area contributed by atoms with Crippen LogP contribution in [-0.2, 0) is 6.54 Å². The molecule has 0 saturated carbocycles. The summed E-state index contributed by atoms with van der Waals surface area (Å²) >= 11 is 5.85. The van der Waals surface area contributed by atoms with Crippen LogP contribution in [0.5, 0.6) is 5.75 Å². The molecular weight excluding hydrogens is 288 g/mol. The molecule has 5 heteroatoms. The van der Waals surface area contributed by atoms with Gasteiger partial charge in [-0.2, -0.15) is 0 Å². The highest BCUT2D eigenvalue weighted by Gasteiger charge is 2.19. The second-order valence-corrected chi connectivity index (χ2v) is 5.15. The molecule has 0 unspecified atom stereocenters. The van der Waals surface area contributed by atoms with Crippen LogP contribution in [0.4, 0.5) is 5.69 Å². The zero-order valence-electron chi connectivity index (χ0n) is 12.0. The van der Waals surface area contributed by atoms with Crippen LogP contribution in [0, 0.1) is 0 Å². The van der Waals surface area contributed by atoms with Crippen molar-refractivity contribution in [3.8, 4) is 5.75 Å². The molecule has 2 aromatic rings. The van der Waals surface area contributed by atoms with Gasteiger partial charge in [0.2, 0.25) is 0 Å². The Morgan fingerprint density at radius 1 is 1.24 bits per heavy atom. The summed E-state index contributed by atoms with van der Waals surface area (Å²) in [5, 5.41) is 0.668. The van der Waals surface area contributed by atoms with E-state index in [-0.39, 0.29) is 5.91 Å². The van der Waals surface area contributed by atoms with E-state index < -0.39 is 0 Å². The Hall–Kier alpha value is -2.20. The summed E-state index contributed by atoms with van der Waals surface area (Å²) in [6.45, 7) is 0.466. The lowest BCUT2D eigenvalue weighted by Gasteiger charge is -2.20. The predicted molar refractivity (Wildman–Crippen MR) is 84.7 cm³/mol. The maximum absolute atomic E-state index is 12.6. The van der Waals surface area contributed by atoms with Crippen molar-refractivity contribution in [1.82, 2.24) is 4.90 Å². The summed E-state index contributed by atoms with van der Waals surface area (Å²) in [6.07, 6.45) is 0. The molecule has 0 fully saturated rings. The van der Waals surface area contributed by atoms with Crippen LogP contribution in [0.25, 0.3) is 0 Å². The lowest BCUT2D eigenvalue weighted by atomic mass is 10.1. The molecule has 1 amide bonds. The van der Waals surface area contributed by atoms with E-state index >= 15 is 0 Å². The number of amides is 1. The number of hydrogen-bond acceptors (Lipinski definition) is 3. The summed E-state index contributed by atoms with van der Waals surface area (Å²) < 4.78 is 5.22. The van der Waals surface area contributed by atoms with Crippen molar-refractivity contribution in [2.24, 2.45) is 0 Å². The molecule has 0 radical (unpaired) electrons. The van der Waals surface area contributed by atoms with Crippen molar-refractivity contribution in [1.29, 1.82) is 0 Å². The zero-order valence-corrected chi connectivity index (χ0v) is 12.7. The van der Waals surface area contributed by atoms with E-state index in [0.717, 1.165) is 5.56 Å². The van der Waals surface area contributed by atoms with Gasteiger partial charge in [0.15, 0.2) is 0 Å². The minimum absolute atomic E-state index is 0.181. The maximum atomic E-state index is 12.6. The van der Waals surface area contributed by atoms with Crippen LogP contribution in [-0.4, -0.2) is 25.0 Å². The van der Waals surface area contributed by atoms with Crippen LogP contribution in [0.1, 0.15) is 15.9 Å². The average Bonchev–Trinajstić information content (AvgIpc) is 2.48. The molecule has 110 valence electrons. The Morgan fingerprint density at radius 3 is 2.52 bits per heavy atom. The van der Waals surface area contributed by atoms with Crippen LogP contribution in [0.2, 0.25) is 5.02 Å². The van der Waals surface area contributed by atoms with E-state index in [0.29, 0.717) is 28.6 Å². The number of halogens is 1. The van der Waals surface area contributed by atoms with Gasteiger partial charge in [0, 0.05) is 24.3 Å². The molecule has 0 saturated heterocycles. The van der Waals surface area contributed by atoms with Gasteiger partial charge in [0.05, 0.1) is 7.11 Å². The third kappa shape index (κ3) is 3.47. The second-order valence-electron chi connectivity index (χ2n) is 4.71. The van der Waals surface area contributed by atoms with Gasteiger partial charge >= 0.3 is 0 Å². The van der Waals surface area contributed by atoms with E-state index in [2.05, 4.69) is 0 Å². The van der Waals surface area contributed by atoms with Crippen molar-refractivity contribution in [2.45, 2.75) is 6.54 Å². The molecule has 0 aliphatic heterocycles. The van der Waals surface area contributed by atoms with E-state index in [4.69, 9.17) is 22.1 Å². The fraction of sp³-hybridized carbons (Fsp3) is 0.188. The summed E-state index contributed by atoms with van der Waals surface area (Å²) in [6, 6.07) is 12.5. The van der Waals surface area contributed by atoms with Gasteiger partial charge in [-0.3, -0.25) is 4.79 Å². The molecule has 2 rings (SSSR count). The van der Waals surface area contributed by atoms with E-state index in [9.17, 15) is 4.79 Å². The molecule has 0 bridgehead atoms. The Bertz CT molecular complexity index is 641. The molecule has 0 aliphatic carbocycles. The Labute approximate surface area is 129 Å². The van der Waals surface area contributed by atoms with Crippen LogP contribution >= 0.6 is 11.6 Å². The largest absolute Gasteiger partial charge is 0.496 e. The summed E-state index contributed by atoms with van der Waals surface area (Å²) in [5.74, 6) is 0.294. The number of nitrogen functional groups attached to an aromatic ring is 1. The molecule has 0 spiro atoms. The third-order valence-corrected chi connectivity index (χ3v) is 3.42. The number of carbonyl (C=O) groups is 1. The first kappa shape index (κ1) is 15.2. The molecule has 0 heterocycles. The molecule has 21 heavy (non-hydrogen) atoms. The van der Waals surface area contributed by atoms with Crippen molar-refractivity contribution in [3.05, 3.63) is 58.6 Å². The lowest BCUT2D eigenvalue weighted by Crippen LogP contribution is -2.27. The van der Waals surface area contributed by atoms with Gasteiger partial charge in [-0.05, 0) is 29.8 Å². The Morgan fingerprint density at radius 2 is 1.90 bits per heavy atom. The average molecular weight is 305 g/mol. The van der Waals surface area contributed by atoms with Crippen LogP contribution in [0.15, 0.2) is 42.5 Å². The normalized spacial score (nSPS) is 10.2. The smallest absolute Gasteiger partial charge is 0.259 e. The first-order valence-electron chi connectivity index (χ1n) is 6.45. The molecule has 0 atom stereocenters. The van der Waals surface area contributed by atoms with Crippen molar-refractivity contribution in [3.63, 3.8) is 0 Å². The van der Waals surface area contributed by atoms with Gasteiger partial charge in [0.1, 0.15) is 11.3 Å². The van der Waals surface area contributed by atoms with Gasteiger partial charge in [-0.1, -0.05) is 29.8 Å². The Kier molecular flexibility index (Phi) is 4.70. The molecule has 2 aromatic carbocycles. The number of hydrogen-bond donors (Lipinski definition) is 1. The second kappa shape index (κ2) is 6.50. The van der Waals surface area contributed by atoms with Crippen molar-refractivity contribution >= 4 is 23.2 Å². The Balaban J connectivity index is 2.21. The lowest BCUT2D eigenvalue weighted by molar-refractivity contribution is 0.0783. The number of nitrogens with two attached hydrogens (primary N) is 1. The van der Waals surface area contributed by atoms with E-state index in [1.54, 1.807) is 42.3 Å². The quantitative estimate of drug-likeness (QED) is 0.883. The monoisotopic (exact) mass is 304 g/mol. The topological polar surface area (TPSA) is 55.6 Å². The number of carbonyl (C=O) groups excluding carboxylic acids is 1. The number of anilines is 1. The fourth-order valence-corrected chi connectivity index (χ4v) is 2.20. The van der Waals surface area contributed by atoms with Gasteiger partial charge in [-0.15, -0.1) is 0 Å². The minimum atomic E-state index is -0.181. The number of rotatable bonds is 4. The van der Waals surface area contributed by atoms with Gasteiger partial charge in [0.25, 0.3) is 5.91 Å². The first-order chi connectivity index (χ1) is 10.0. The predicted octanol–water partition coefficient (Wildman–Crippen LogP) is 3.20. The summed E-state index contributed by atoms with van der Waals surface area (Å²) in [4.78, 5) is 14.2. The fourth-order valence-electron chi connectivity index (χ4n) is 2.07. The third-order valence-electron chi connectivity index (χ3n) is 3.17. The summed E-state index contributed by atoms with van der Waals surface area (Å²) in [7, 11) is 3.24. The summed E-state index contributed by atoms with van der Waals surface area (Å²) in [5.41, 5.74) is 7.68. The molecular formula is C16H17ClN2O2. The zero-order chi connectivity index (χ0) is 15.4. The maximum Gasteiger partial charge on any atom is 0.259 e.